The second-order valence-electron chi connectivity index (χ2n) is 4.74. The predicted octanol–water partition coefficient (Wildman–Crippen LogP) is 2.60. The van der Waals surface area contributed by atoms with Crippen molar-refractivity contribution < 1.29 is 0 Å². The molecular weight excluding hydrogens is 222 g/mol. The van der Waals surface area contributed by atoms with Crippen molar-refractivity contribution in [3.8, 4) is 0 Å². The minimum absolute atomic E-state index is 0.850. The summed E-state index contributed by atoms with van der Waals surface area (Å²) < 4.78 is 0. The van der Waals surface area contributed by atoms with E-state index < -0.39 is 0 Å². The van der Waals surface area contributed by atoms with E-state index in [2.05, 4.69) is 36.0 Å². The van der Waals surface area contributed by atoms with E-state index in [1.54, 1.807) is 6.20 Å². The Morgan fingerprint density at radius 3 is 2.78 bits per heavy atom. The number of hydrogen-bond acceptors (Lipinski definition) is 3. The van der Waals surface area contributed by atoms with E-state index in [9.17, 15) is 0 Å². The van der Waals surface area contributed by atoms with E-state index in [1.165, 1.54) is 16.7 Å². The van der Waals surface area contributed by atoms with Gasteiger partial charge in [0.2, 0.25) is 0 Å². The quantitative estimate of drug-likeness (QED) is 0.837. The molecule has 0 bridgehead atoms. The van der Waals surface area contributed by atoms with Gasteiger partial charge in [-0.15, -0.1) is 0 Å². The van der Waals surface area contributed by atoms with E-state index in [1.807, 2.05) is 24.4 Å². The zero-order valence-electron chi connectivity index (χ0n) is 10.9. The Morgan fingerprint density at radius 2 is 2.06 bits per heavy atom. The highest BCUT2D eigenvalue weighted by Crippen LogP contribution is 2.16. The van der Waals surface area contributed by atoms with Gasteiger partial charge >= 0.3 is 0 Å². The third-order valence-corrected chi connectivity index (χ3v) is 2.91. The fraction of sp³-hybridized carbons (Fsp3) is 0.267. The van der Waals surface area contributed by atoms with Gasteiger partial charge in [0.25, 0.3) is 0 Å². The van der Waals surface area contributed by atoms with Crippen molar-refractivity contribution in [2.24, 2.45) is 0 Å². The van der Waals surface area contributed by atoms with Crippen molar-refractivity contribution in [2.75, 3.05) is 12.8 Å². The van der Waals surface area contributed by atoms with Crippen LogP contribution in [0.25, 0.3) is 0 Å². The fourth-order valence-corrected chi connectivity index (χ4v) is 2.02. The number of rotatable bonds is 4. The van der Waals surface area contributed by atoms with Crippen LogP contribution < -0.4 is 5.73 Å². The minimum Gasteiger partial charge on any atom is -0.398 e. The predicted molar refractivity (Wildman–Crippen MR) is 75.0 cm³/mol. The molecule has 94 valence electrons. The van der Waals surface area contributed by atoms with Crippen LogP contribution in [0, 0.1) is 6.92 Å². The summed E-state index contributed by atoms with van der Waals surface area (Å²) in [6.07, 6.45) is 3.69. The van der Waals surface area contributed by atoms with Crippen molar-refractivity contribution in [1.82, 2.24) is 9.88 Å². The Bertz CT molecular complexity index is 508. The van der Waals surface area contributed by atoms with Crippen LogP contribution in [0.3, 0.4) is 0 Å². The van der Waals surface area contributed by atoms with Gasteiger partial charge < -0.3 is 5.73 Å². The zero-order chi connectivity index (χ0) is 13.0. The third-order valence-electron chi connectivity index (χ3n) is 2.91. The van der Waals surface area contributed by atoms with Crippen LogP contribution in [0.1, 0.15) is 16.7 Å². The Hall–Kier alpha value is -1.87. The number of nitrogens with two attached hydrogens (primary N) is 1. The third kappa shape index (κ3) is 3.31. The van der Waals surface area contributed by atoms with Gasteiger partial charge in [-0.2, -0.15) is 0 Å². The Labute approximate surface area is 108 Å². The molecule has 1 aromatic heterocycles. The SMILES string of the molecule is Cc1ccc(N)c(CN(C)Cc2cccnc2)c1. The van der Waals surface area contributed by atoms with Crippen molar-refractivity contribution in [2.45, 2.75) is 20.0 Å². The van der Waals surface area contributed by atoms with Crippen LogP contribution in [-0.2, 0) is 13.1 Å². The summed E-state index contributed by atoms with van der Waals surface area (Å²) >= 11 is 0. The molecule has 0 atom stereocenters. The molecule has 0 saturated heterocycles. The topological polar surface area (TPSA) is 42.1 Å². The fourth-order valence-electron chi connectivity index (χ4n) is 2.02. The number of benzene rings is 1. The summed E-state index contributed by atoms with van der Waals surface area (Å²) in [5.74, 6) is 0. The lowest BCUT2D eigenvalue weighted by atomic mass is 10.1. The number of pyridine rings is 1. The molecule has 18 heavy (non-hydrogen) atoms. The number of anilines is 1. The van der Waals surface area contributed by atoms with E-state index in [0.29, 0.717) is 0 Å². The molecular formula is C15H19N3. The first kappa shape index (κ1) is 12.6. The van der Waals surface area contributed by atoms with E-state index in [4.69, 9.17) is 5.73 Å². The van der Waals surface area contributed by atoms with Crippen LogP contribution in [-0.4, -0.2) is 16.9 Å². The molecule has 0 unspecified atom stereocenters. The molecule has 1 heterocycles. The molecule has 0 amide bonds. The summed E-state index contributed by atoms with van der Waals surface area (Å²) in [5.41, 5.74) is 10.5. The average molecular weight is 241 g/mol. The van der Waals surface area contributed by atoms with Crippen LogP contribution in [0.2, 0.25) is 0 Å². The largest absolute Gasteiger partial charge is 0.398 e. The average Bonchev–Trinajstić information content (AvgIpc) is 2.35. The van der Waals surface area contributed by atoms with Gasteiger partial charge in [-0.25, -0.2) is 0 Å². The van der Waals surface area contributed by atoms with E-state index in [-0.39, 0.29) is 0 Å². The van der Waals surface area contributed by atoms with Crippen molar-refractivity contribution in [3.05, 3.63) is 59.4 Å². The molecule has 3 heteroatoms. The molecule has 2 N–H and O–H groups in total. The highest BCUT2D eigenvalue weighted by Gasteiger charge is 2.05. The standard InChI is InChI=1S/C15H19N3/c1-12-5-6-15(16)14(8-12)11-18(2)10-13-4-3-7-17-9-13/h3-9H,10-11,16H2,1-2H3. The van der Waals surface area contributed by atoms with Gasteiger partial charge in [0.1, 0.15) is 0 Å². The van der Waals surface area contributed by atoms with Crippen LogP contribution >= 0.6 is 0 Å². The van der Waals surface area contributed by atoms with Crippen LogP contribution in [0.5, 0.6) is 0 Å². The van der Waals surface area contributed by atoms with Gasteiger partial charge in [0, 0.05) is 31.2 Å². The summed E-state index contributed by atoms with van der Waals surface area (Å²) in [4.78, 5) is 6.36. The summed E-state index contributed by atoms with van der Waals surface area (Å²) in [6.45, 7) is 3.81. The second kappa shape index (κ2) is 5.65. The normalized spacial score (nSPS) is 10.8. The monoisotopic (exact) mass is 241 g/mol. The van der Waals surface area contributed by atoms with Crippen molar-refractivity contribution >= 4 is 5.69 Å². The Kier molecular flexibility index (Phi) is 3.95. The molecule has 0 saturated carbocycles. The maximum atomic E-state index is 5.99. The van der Waals surface area contributed by atoms with Crippen LogP contribution in [0.4, 0.5) is 5.69 Å². The Balaban J connectivity index is 2.03. The molecule has 0 spiro atoms. The maximum absolute atomic E-state index is 5.99. The second-order valence-corrected chi connectivity index (χ2v) is 4.74. The van der Waals surface area contributed by atoms with Crippen molar-refractivity contribution in [3.63, 3.8) is 0 Å². The highest BCUT2D eigenvalue weighted by molar-refractivity contribution is 5.48. The number of nitrogens with zero attached hydrogens (tertiary/aromatic N) is 2. The van der Waals surface area contributed by atoms with Gasteiger partial charge in [-0.05, 0) is 37.2 Å². The van der Waals surface area contributed by atoms with Gasteiger partial charge in [-0.1, -0.05) is 23.8 Å². The number of aryl methyl sites for hydroxylation is 1. The lowest BCUT2D eigenvalue weighted by Gasteiger charge is -2.18. The molecule has 0 fully saturated rings. The number of hydrogen-bond donors (Lipinski definition) is 1. The molecule has 0 radical (unpaired) electrons. The van der Waals surface area contributed by atoms with Gasteiger partial charge in [0.05, 0.1) is 0 Å². The smallest absolute Gasteiger partial charge is 0.0359 e. The molecule has 2 aromatic rings. The van der Waals surface area contributed by atoms with E-state index in [0.717, 1.165) is 18.8 Å². The first-order chi connectivity index (χ1) is 8.65. The van der Waals surface area contributed by atoms with Gasteiger partial charge in [-0.3, -0.25) is 9.88 Å². The van der Waals surface area contributed by atoms with Crippen molar-refractivity contribution in [1.29, 1.82) is 0 Å². The summed E-state index contributed by atoms with van der Waals surface area (Å²) in [5, 5.41) is 0. The maximum Gasteiger partial charge on any atom is 0.0359 e. The molecule has 3 nitrogen and oxygen atoms in total. The lowest BCUT2D eigenvalue weighted by molar-refractivity contribution is 0.319. The number of nitrogen functional groups attached to an aromatic ring is 1. The molecule has 1 aromatic carbocycles. The molecule has 0 aliphatic rings. The first-order valence-electron chi connectivity index (χ1n) is 6.07. The Morgan fingerprint density at radius 1 is 1.22 bits per heavy atom. The zero-order valence-corrected chi connectivity index (χ0v) is 10.9. The molecule has 0 aliphatic carbocycles. The summed E-state index contributed by atoms with van der Waals surface area (Å²) in [6, 6.07) is 10.2. The molecule has 2 rings (SSSR count). The van der Waals surface area contributed by atoms with Gasteiger partial charge in [0.15, 0.2) is 0 Å². The molecule has 0 aliphatic heterocycles. The lowest BCUT2D eigenvalue weighted by Crippen LogP contribution is -2.18. The first-order valence-corrected chi connectivity index (χ1v) is 6.07. The summed E-state index contributed by atoms with van der Waals surface area (Å²) in [7, 11) is 2.09. The highest BCUT2D eigenvalue weighted by atomic mass is 15.1. The van der Waals surface area contributed by atoms with Crippen LogP contribution in [0.15, 0.2) is 42.7 Å². The minimum atomic E-state index is 0.850. The van der Waals surface area contributed by atoms with E-state index >= 15 is 0 Å². The number of aromatic nitrogens is 1.